The van der Waals surface area contributed by atoms with Crippen molar-refractivity contribution in [1.82, 2.24) is 9.19 Å². The summed E-state index contributed by atoms with van der Waals surface area (Å²) in [6.07, 6.45) is 1.55. The molecule has 2 N–H and O–H groups in total. The van der Waals surface area contributed by atoms with E-state index >= 15 is 0 Å². The third kappa shape index (κ3) is 4.11. The number of nitrogens with zero attached hydrogens (tertiary/aromatic N) is 2. The molecule has 5 nitrogen and oxygen atoms in total. The van der Waals surface area contributed by atoms with E-state index < -0.39 is 11.7 Å². The van der Waals surface area contributed by atoms with Gasteiger partial charge in [-0.25, -0.2) is 4.09 Å². The number of thiol groups is 1. The van der Waals surface area contributed by atoms with Crippen LogP contribution in [0.4, 0.5) is 8.78 Å². The van der Waals surface area contributed by atoms with Crippen LogP contribution in [0.2, 0.25) is 0 Å². The van der Waals surface area contributed by atoms with Crippen molar-refractivity contribution >= 4 is 30.5 Å². The predicted octanol–water partition coefficient (Wildman–Crippen LogP) is 2.57. The molecule has 0 atom stereocenters. The van der Waals surface area contributed by atoms with E-state index in [4.69, 9.17) is 10.5 Å². The summed E-state index contributed by atoms with van der Waals surface area (Å²) in [5.74, 6) is -3.05. The third-order valence-electron chi connectivity index (χ3n) is 2.53. The minimum Gasteiger partial charge on any atom is -0.472 e. The van der Waals surface area contributed by atoms with E-state index in [0.717, 1.165) is 0 Å². The quantitative estimate of drug-likeness (QED) is 0.630. The van der Waals surface area contributed by atoms with E-state index in [2.05, 4.69) is 17.9 Å². The van der Waals surface area contributed by atoms with Crippen molar-refractivity contribution in [3.05, 3.63) is 41.6 Å². The number of carbonyl (C=O) groups excluding carboxylic acids is 1. The van der Waals surface area contributed by atoms with E-state index in [-0.39, 0.29) is 22.9 Å². The first-order valence-electron chi connectivity index (χ1n) is 5.71. The Balaban J connectivity index is 2.27. The molecule has 1 aromatic carbocycles. The fraction of sp³-hybridized carbons (Fsp3) is 0.167. The summed E-state index contributed by atoms with van der Waals surface area (Å²) in [6, 6.07) is 6.00. The van der Waals surface area contributed by atoms with Gasteiger partial charge in [0.2, 0.25) is 11.8 Å². The second-order valence-electron chi connectivity index (χ2n) is 3.89. The van der Waals surface area contributed by atoms with Gasteiger partial charge in [0.15, 0.2) is 0 Å². The SMILES string of the molecule is NC(=O)c1cccc(SC(F)F)c1COc1ccn(S)n1. The van der Waals surface area contributed by atoms with Gasteiger partial charge in [0.1, 0.15) is 6.61 Å². The number of alkyl halides is 2. The molecule has 0 bridgehead atoms. The van der Waals surface area contributed by atoms with Crippen LogP contribution in [0.15, 0.2) is 35.4 Å². The van der Waals surface area contributed by atoms with Crippen LogP contribution >= 0.6 is 24.6 Å². The highest BCUT2D eigenvalue weighted by Crippen LogP contribution is 2.31. The van der Waals surface area contributed by atoms with Crippen LogP contribution < -0.4 is 10.5 Å². The fourth-order valence-electron chi connectivity index (χ4n) is 1.67. The Hall–Kier alpha value is -1.74. The number of carbonyl (C=O) groups is 1. The first-order valence-corrected chi connectivity index (χ1v) is 6.99. The van der Waals surface area contributed by atoms with Crippen LogP contribution in [0.1, 0.15) is 15.9 Å². The highest BCUT2D eigenvalue weighted by atomic mass is 32.2. The normalized spacial score (nSPS) is 10.9. The lowest BCUT2D eigenvalue weighted by molar-refractivity contribution is 0.0997. The Morgan fingerprint density at radius 3 is 2.81 bits per heavy atom. The van der Waals surface area contributed by atoms with Crippen molar-refractivity contribution in [3.63, 3.8) is 0 Å². The lowest BCUT2D eigenvalue weighted by atomic mass is 10.1. The molecule has 0 unspecified atom stereocenters. The van der Waals surface area contributed by atoms with Gasteiger partial charge in [0.05, 0.1) is 0 Å². The lowest BCUT2D eigenvalue weighted by Crippen LogP contribution is -2.15. The minimum atomic E-state index is -2.61. The average molecular weight is 331 g/mol. The largest absolute Gasteiger partial charge is 0.472 e. The number of amides is 1. The van der Waals surface area contributed by atoms with Crippen molar-refractivity contribution in [2.45, 2.75) is 17.3 Å². The Bertz CT molecular complexity index is 649. The molecule has 9 heteroatoms. The summed E-state index contributed by atoms with van der Waals surface area (Å²) in [5.41, 5.74) is 5.72. The number of ether oxygens (including phenoxy) is 1. The molecule has 0 fully saturated rings. The smallest absolute Gasteiger partial charge is 0.288 e. The first-order chi connectivity index (χ1) is 9.97. The molecular weight excluding hydrogens is 320 g/mol. The Morgan fingerprint density at radius 1 is 1.48 bits per heavy atom. The van der Waals surface area contributed by atoms with Gasteiger partial charge >= 0.3 is 0 Å². The molecule has 2 rings (SSSR count). The number of hydrogen-bond donors (Lipinski definition) is 2. The van der Waals surface area contributed by atoms with E-state index in [9.17, 15) is 13.6 Å². The van der Waals surface area contributed by atoms with Crippen molar-refractivity contribution in [3.8, 4) is 5.88 Å². The van der Waals surface area contributed by atoms with E-state index in [1.54, 1.807) is 12.3 Å². The van der Waals surface area contributed by atoms with Gasteiger partial charge in [-0.1, -0.05) is 17.8 Å². The number of hydrogen-bond acceptors (Lipinski definition) is 5. The van der Waals surface area contributed by atoms with Gasteiger partial charge in [-0.15, -0.1) is 5.10 Å². The van der Waals surface area contributed by atoms with Gasteiger partial charge in [0.25, 0.3) is 5.76 Å². The second-order valence-corrected chi connectivity index (χ2v) is 5.33. The third-order valence-corrected chi connectivity index (χ3v) is 3.57. The van der Waals surface area contributed by atoms with Gasteiger partial charge in [-0.2, -0.15) is 8.78 Å². The Kier molecular flexibility index (Phi) is 5.07. The molecule has 0 saturated heterocycles. The zero-order valence-electron chi connectivity index (χ0n) is 10.6. The molecule has 0 radical (unpaired) electrons. The molecule has 21 heavy (non-hydrogen) atoms. The number of thioether (sulfide) groups is 1. The summed E-state index contributed by atoms with van der Waals surface area (Å²) >= 11 is 4.29. The number of primary amides is 1. The van der Waals surface area contributed by atoms with Crippen molar-refractivity contribution < 1.29 is 18.3 Å². The number of benzene rings is 1. The number of nitrogens with two attached hydrogens (primary N) is 1. The van der Waals surface area contributed by atoms with E-state index in [1.165, 1.54) is 22.3 Å². The van der Waals surface area contributed by atoms with Gasteiger partial charge < -0.3 is 10.5 Å². The van der Waals surface area contributed by atoms with Crippen LogP contribution in [-0.4, -0.2) is 20.9 Å². The van der Waals surface area contributed by atoms with Crippen LogP contribution in [-0.2, 0) is 6.61 Å². The molecular formula is C12H11F2N3O2S2. The topological polar surface area (TPSA) is 70.1 Å². The summed E-state index contributed by atoms with van der Waals surface area (Å²) < 4.78 is 31.8. The molecule has 1 aromatic heterocycles. The van der Waals surface area contributed by atoms with E-state index in [1.807, 2.05) is 0 Å². The van der Waals surface area contributed by atoms with Gasteiger partial charge in [0, 0.05) is 28.3 Å². The molecule has 1 amide bonds. The predicted molar refractivity (Wildman–Crippen MR) is 77.8 cm³/mol. The molecule has 0 aliphatic heterocycles. The molecule has 1 heterocycles. The van der Waals surface area contributed by atoms with Crippen LogP contribution in [0.5, 0.6) is 5.88 Å². The highest BCUT2D eigenvalue weighted by molar-refractivity contribution is 7.99. The molecule has 112 valence electrons. The van der Waals surface area contributed by atoms with Crippen LogP contribution in [0, 0.1) is 0 Å². The zero-order chi connectivity index (χ0) is 15.4. The van der Waals surface area contributed by atoms with Crippen molar-refractivity contribution in [1.29, 1.82) is 0 Å². The molecule has 0 aliphatic carbocycles. The average Bonchev–Trinajstić information content (AvgIpc) is 2.82. The molecule has 0 saturated carbocycles. The zero-order valence-corrected chi connectivity index (χ0v) is 12.3. The van der Waals surface area contributed by atoms with Gasteiger partial charge in [-0.05, 0) is 24.9 Å². The van der Waals surface area contributed by atoms with Gasteiger partial charge in [-0.3, -0.25) is 4.79 Å². The standard InChI is InChI=1S/C12H11F2N3O2S2/c13-12(14)21-9-3-1-2-7(11(15)18)8(9)6-19-10-4-5-17(20)16-10/h1-5,12,20H,6H2,(H2,15,18). The second kappa shape index (κ2) is 6.81. The van der Waals surface area contributed by atoms with Crippen molar-refractivity contribution in [2.24, 2.45) is 5.73 Å². The maximum absolute atomic E-state index is 12.6. The summed E-state index contributed by atoms with van der Waals surface area (Å²) in [6.45, 7) is -0.0983. The van der Waals surface area contributed by atoms with E-state index in [0.29, 0.717) is 17.3 Å². The summed E-state index contributed by atoms with van der Waals surface area (Å²) in [4.78, 5) is 11.7. The number of aromatic nitrogens is 2. The number of rotatable bonds is 6. The molecule has 0 aliphatic rings. The maximum atomic E-state index is 12.6. The summed E-state index contributed by atoms with van der Waals surface area (Å²) in [7, 11) is 0. The molecule has 2 aromatic rings. The maximum Gasteiger partial charge on any atom is 0.288 e. The van der Waals surface area contributed by atoms with Crippen molar-refractivity contribution in [2.75, 3.05) is 0 Å². The highest BCUT2D eigenvalue weighted by Gasteiger charge is 2.17. The summed E-state index contributed by atoms with van der Waals surface area (Å²) in [5, 5.41) is 3.88. The molecule has 0 spiro atoms. The Labute approximate surface area is 129 Å². The first kappa shape index (κ1) is 15.6. The minimum absolute atomic E-state index is 0.0983. The monoisotopic (exact) mass is 331 g/mol. The van der Waals surface area contributed by atoms with Crippen LogP contribution in [0.25, 0.3) is 0 Å². The lowest BCUT2D eigenvalue weighted by Gasteiger charge is -2.12. The fourth-order valence-corrected chi connectivity index (χ4v) is 2.49. The Morgan fingerprint density at radius 2 is 2.24 bits per heavy atom. The number of halogens is 2. The van der Waals surface area contributed by atoms with Crippen LogP contribution in [0.3, 0.4) is 0 Å².